The zero-order valence-electron chi connectivity index (χ0n) is 14.8. The van der Waals surface area contributed by atoms with Crippen molar-refractivity contribution in [2.24, 2.45) is 0 Å². The van der Waals surface area contributed by atoms with Crippen LogP contribution in [0.2, 0.25) is 0 Å². The summed E-state index contributed by atoms with van der Waals surface area (Å²) < 4.78 is 0.666. The van der Waals surface area contributed by atoms with Crippen LogP contribution >= 0.6 is 23.1 Å². The summed E-state index contributed by atoms with van der Waals surface area (Å²) in [5.41, 5.74) is 1.60. The minimum Gasteiger partial charge on any atom is -0.325 e. The number of hydrogen-bond acceptors (Lipinski definition) is 7. The van der Waals surface area contributed by atoms with E-state index in [1.807, 2.05) is 19.1 Å². The third-order valence-electron chi connectivity index (χ3n) is 3.93. The van der Waals surface area contributed by atoms with Crippen molar-refractivity contribution in [3.8, 4) is 6.07 Å². The molecular formula is C18H19N5O2S2. The van der Waals surface area contributed by atoms with Gasteiger partial charge in [-0.05, 0) is 30.5 Å². The number of benzene rings is 1. The first-order chi connectivity index (χ1) is 13.1. The van der Waals surface area contributed by atoms with Crippen LogP contribution in [0, 0.1) is 11.3 Å². The number of hydrogen-bond donors (Lipinski definition) is 1. The van der Waals surface area contributed by atoms with E-state index in [1.165, 1.54) is 23.1 Å². The van der Waals surface area contributed by atoms with E-state index in [0.717, 1.165) is 18.4 Å². The molecule has 0 unspecified atom stereocenters. The van der Waals surface area contributed by atoms with Crippen LogP contribution in [0.5, 0.6) is 0 Å². The van der Waals surface area contributed by atoms with Crippen molar-refractivity contribution in [2.45, 2.75) is 43.0 Å². The van der Waals surface area contributed by atoms with Crippen LogP contribution in [0.25, 0.3) is 0 Å². The highest BCUT2D eigenvalue weighted by atomic mass is 32.2. The van der Waals surface area contributed by atoms with Gasteiger partial charge in [-0.2, -0.15) is 5.26 Å². The van der Waals surface area contributed by atoms with E-state index in [4.69, 9.17) is 5.26 Å². The molecule has 1 aromatic heterocycles. The van der Waals surface area contributed by atoms with E-state index in [1.54, 1.807) is 17.0 Å². The third kappa shape index (κ3) is 5.28. The summed E-state index contributed by atoms with van der Waals surface area (Å²) in [6.45, 7) is 1.84. The van der Waals surface area contributed by atoms with Crippen LogP contribution in [0.1, 0.15) is 31.7 Å². The van der Waals surface area contributed by atoms with Crippen LogP contribution < -0.4 is 10.2 Å². The summed E-state index contributed by atoms with van der Waals surface area (Å²) in [5, 5.41) is 20.3. The van der Waals surface area contributed by atoms with Crippen molar-refractivity contribution in [1.82, 2.24) is 10.2 Å². The highest BCUT2D eigenvalue weighted by molar-refractivity contribution is 8.01. The first kappa shape index (κ1) is 19.3. The van der Waals surface area contributed by atoms with Crippen molar-refractivity contribution in [3.63, 3.8) is 0 Å². The number of amides is 2. The molecule has 1 fully saturated rings. The molecule has 7 nitrogen and oxygen atoms in total. The van der Waals surface area contributed by atoms with E-state index in [0.29, 0.717) is 28.0 Å². The van der Waals surface area contributed by atoms with Gasteiger partial charge in [-0.15, -0.1) is 10.2 Å². The molecular weight excluding hydrogens is 382 g/mol. The van der Waals surface area contributed by atoms with E-state index in [9.17, 15) is 9.59 Å². The normalized spacial score (nSPS) is 13.0. The summed E-state index contributed by atoms with van der Waals surface area (Å²) in [5.74, 6) is 0.121. The Hall–Kier alpha value is -2.44. The predicted octanol–water partition coefficient (Wildman–Crippen LogP) is 3.24. The summed E-state index contributed by atoms with van der Waals surface area (Å²) in [4.78, 5) is 26.0. The van der Waals surface area contributed by atoms with Gasteiger partial charge >= 0.3 is 0 Å². The molecule has 2 amide bonds. The Labute approximate surface area is 165 Å². The molecule has 2 aromatic rings. The molecule has 0 spiro atoms. The second-order valence-electron chi connectivity index (χ2n) is 6.07. The highest BCUT2D eigenvalue weighted by Gasteiger charge is 2.35. The maximum atomic E-state index is 12.1. The maximum absolute atomic E-state index is 12.1. The average molecular weight is 402 g/mol. The van der Waals surface area contributed by atoms with Crippen LogP contribution in [0.3, 0.4) is 0 Å². The Morgan fingerprint density at radius 1 is 1.33 bits per heavy atom. The topological polar surface area (TPSA) is 99.0 Å². The van der Waals surface area contributed by atoms with Gasteiger partial charge in [-0.3, -0.25) is 14.5 Å². The van der Waals surface area contributed by atoms with Crippen LogP contribution in [-0.4, -0.2) is 33.8 Å². The van der Waals surface area contributed by atoms with Crippen LogP contribution in [0.15, 0.2) is 28.6 Å². The van der Waals surface area contributed by atoms with Crippen LogP contribution in [-0.2, 0) is 16.0 Å². The number of nitrogens with one attached hydrogen (secondary N) is 1. The molecule has 0 aliphatic heterocycles. The van der Waals surface area contributed by atoms with E-state index < -0.39 is 0 Å². The number of nitriles is 1. The van der Waals surface area contributed by atoms with E-state index in [2.05, 4.69) is 21.6 Å². The fraction of sp³-hybridized carbons (Fsp3) is 0.389. The lowest BCUT2D eigenvalue weighted by Gasteiger charge is -2.17. The summed E-state index contributed by atoms with van der Waals surface area (Å²) >= 11 is 2.64. The second kappa shape index (κ2) is 8.97. The number of anilines is 2. The van der Waals surface area contributed by atoms with E-state index in [-0.39, 0.29) is 23.6 Å². The van der Waals surface area contributed by atoms with Gasteiger partial charge in [0.2, 0.25) is 16.9 Å². The molecule has 0 atom stereocenters. The number of carbonyl (C=O) groups is 2. The first-order valence-corrected chi connectivity index (χ1v) is 10.4. The lowest BCUT2D eigenvalue weighted by molar-refractivity contribution is -0.118. The molecule has 1 aliphatic carbocycles. The minimum atomic E-state index is -0.145. The van der Waals surface area contributed by atoms with Gasteiger partial charge in [-0.25, -0.2) is 0 Å². The lowest BCUT2D eigenvalue weighted by Crippen LogP contribution is -2.32. The third-order valence-corrected chi connectivity index (χ3v) is 5.99. The molecule has 27 heavy (non-hydrogen) atoms. The summed E-state index contributed by atoms with van der Waals surface area (Å²) in [6, 6.07) is 9.53. The lowest BCUT2D eigenvalue weighted by atomic mass is 10.1. The van der Waals surface area contributed by atoms with E-state index >= 15 is 0 Å². The van der Waals surface area contributed by atoms with Crippen molar-refractivity contribution in [1.29, 1.82) is 5.26 Å². The van der Waals surface area contributed by atoms with Crippen molar-refractivity contribution in [3.05, 3.63) is 29.8 Å². The monoisotopic (exact) mass is 401 g/mol. The minimum absolute atomic E-state index is 0.0581. The Morgan fingerprint density at radius 2 is 2.07 bits per heavy atom. The smallest absolute Gasteiger partial charge is 0.234 e. The Balaban J connectivity index is 1.52. The quantitative estimate of drug-likeness (QED) is 0.538. The zero-order chi connectivity index (χ0) is 19.2. The average Bonchev–Trinajstić information content (AvgIpc) is 3.39. The number of nitrogens with zero attached hydrogens (tertiary/aromatic N) is 4. The standard InChI is InChI=1S/C18H19N5O2S2/c1-2-16(25)23(14-7-8-14)17-21-22-18(27-17)26-11-15(24)20-13-5-3-12(4-6-13)9-10-19/h3-6,14H,2,7-9,11H2,1H3,(H,20,24). The molecule has 3 rings (SSSR count). The Bertz CT molecular complexity index is 855. The van der Waals surface area contributed by atoms with Gasteiger partial charge in [0.15, 0.2) is 4.34 Å². The summed E-state index contributed by atoms with van der Waals surface area (Å²) in [6.07, 6.45) is 2.79. The van der Waals surface area contributed by atoms with Crippen LogP contribution in [0.4, 0.5) is 10.8 Å². The van der Waals surface area contributed by atoms with Crippen molar-refractivity contribution >= 4 is 45.7 Å². The molecule has 1 saturated carbocycles. The Kier molecular flexibility index (Phi) is 6.42. The summed E-state index contributed by atoms with van der Waals surface area (Å²) in [7, 11) is 0. The van der Waals surface area contributed by atoms with Gasteiger partial charge in [0, 0.05) is 18.2 Å². The highest BCUT2D eigenvalue weighted by Crippen LogP contribution is 2.36. The molecule has 9 heteroatoms. The molecule has 0 radical (unpaired) electrons. The molecule has 0 bridgehead atoms. The predicted molar refractivity (Wildman–Crippen MR) is 106 cm³/mol. The van der Waals surface area contributed by atoms with Crippen molar-refractivity contribution in [2.75, 3.05) is 16.0 Å². The fourth-order valence-electron chi connectivity index (χ4n) is 2.45. The first-order valence-electron chi connectivity index (χ1n) is 8.64. The van der Waals surface area contributed by atoms with Gasteiger partial charge in [0.1, 0.15) is 0 Å². The zero-order valence-corrected chi connectivity index (χ0v) is 16.5. The molecule has 140 valence electrons. The number of rotatable bonds is 8. The second-order valence-corrected chi connectivity index (χ2v) is 8.25. The van der Waals surface area contributed by atoms with Gasteiger partial charge in [0.25, 0.3) is 0 Å². The molecule has 1 aliphatic rings. The molecule has 1 N–H and O–H groups in total. The van der Waals surface area contributed by atoms with Gasteiger partial charge in [-0.1, -0.05) is 42.2 Å². The molecule has 1 heterocycles. The SMILES string of the molecule is CCC(=O)N(c1nnc(SCC(=O)Nc2ccc(CC#N)cc2)s1)C1CC1. The maximum Gasteiger partial charge on any atom is 0.234 e. The molecule has 0 saturated heterocycles. The number of aromatic nitrogens is 2. The van der Waals surface area contributed by atoms with Crippen molar-refractivity contribution < 1.29 is 9.59 Å². The molecule has 1 aromatic carbocycles. The largest absolute Gasteiger partial charge is 0.325 e. The van der Waals surface area contributed by atoms with Gasteiger partial charge < -0.3 is 5.32 Å². The Morgan fingerprint density at radius 3 is 2.70 bits per heavy atom. The number of thioether (sulfide) groups is 1. The number of carbonyl (C=O) groups excluding carboxylic acids is 2. The fourth-order valence-corrected chi connectivity index (χ4v) is 4.18. The van der Waals surface area contributed by atoms with Gasteiger partial charge in [0.05, 0.1) is 18.2 Å².